The van der Waals surface area contributed by atoms with Gasteiger partial charge in [-0.25, -0.2) is 9.97 Å². The van der Waals surface area contributed by atoms with Crippen molar-refractivity contribution in [3.8, 4) is 5.82 Å². The third-order valence-electron chi connectivity index (χ3n) is 5.49. The second-order valence-electron chi connectivity index (χ2n) is 7.72. The molecule has 0 atom stereocenters. The molecule has 3 aromatic rings. The molecule has 1 fully saturated rings. The molecule has 0 aromatic carbocycles. The number of aromatic nitrogens is 5. The number of fused-ring (bicyclic) bond motifs is 1. The normalized spacial score (nSPS) is 19.1. The average molecular weight is 411 g/mol. The van der Waals surface area contributed by atoms with Crippen LogP contribution in [-0.2, 0) is 9.53 Å². The van der Waals surface area contributed by atoms with Crippen LogP contribution in [-0.4, -0.2) is 67.8 Å². The molecule has 0 saturated heterocycles. The number of nitrogens with zero attached hydrogens (tertiary/aromatic N) is 6. The maximum Gasteiger partial charge on any atom is 0.269 e. The standard InChI is InChI=1S/C20H25N7O3/c1-25(2)17(28)11-30-15-5-3-14(4-6-15)27-19-13(10-23-27)9-16(24-18(19)20(21)29)26-8-7-22-12-26/h7-10,12,14-15H,3-6,11H2,1-2H3,(H2,21,29). The van der Waals surface area contributed by atoms with Crippen LogP contribution in [0, 0.1) is 0 Å². The van der Waals surface area contributed by atoms with Crippen LogP contribution in [0.4, 0.5) is 0 Å². The Labute approximate surface area is 173 Å². The lowest BCUT2D eigenvalue weighted by Gasteiger charge is -2.29. The minimum Gasteiger partial charge on any atom is -0.368 e. The molecule has 4 rings (SSSR count). The molecule has 0 radical (unpaired) electrons. The number of hydrogen-bond donors (Lipinski definition) is 1. The highest BCUT2D eigenvalue weighted by atomic mass is 16.5. The Balaban J connectivity index is 1.54. The smallest absolute Gasteiger partial charge is 0.269 e. The SMILES string of the molecule is CN(C)C(=O)COC1CCC(n2ncc3cc(-n4ccnc4)nc(C(N)=O)c32)CC1. The minimum atomic E-state index is -0.595. The Morgan fingerprint density at radius 3 is 2.67 bits per heavy atom. The summed E-state index contributed by atoms with van der Waals surface area (Å²) in [6, 6.07) is 1.99. The van der Waals surface area contributed by atoms with Gasteiger partial charge in [-0.3, -0.25) is 18.8 Å². The number of ether oxygens (including phenoxy) is 1. The van der Waals surface area contributed by atoms with Crippen LogP contribution in [0.1, 0.15) is 42.2 Å². The quantitative estimate of drug-likeness (QED) is 0.653. The van der Waals surface area contributed by atoms with Crippen LogP contribution in [0.15, 0.2) is 31.0 Å². The molecular weight excluding hydrogens is 386 g/mol. The first kappa shape index (κ1) is 20.0. The van der Waals surface area contributed by atoms with Crippen LogP contribution in [0.2, 0.25) is 0 Å². The lowest BCUT2D eigenvalue weighted by molar-refractivity contribution is -0.136. The maximum absolute atomic E-state index is 12.2. The van der Waals surface area contributed by atoms with E-state index in [1.807, 2.05) is 10.7 Å². The summed E-state index contributed by atoms with van der Waals surface area (Å²) in [6.45, 7) is 0.0970. The molecule has 30 heavy (non-hydrogen) atoms. The highest BCUT2D eigenvalue weighted by molar-refractivity contribution is 6.03. The van der Waals surface area contributed by atoms with E-state index in [9.17, 15) is 9.59 Å². The summed E-state index contributed by atoms with van der Waals surface area (Å²) in [6.07, 6.45) is 10.1. The fourth-order valence-corrected chi connectivity index (χ4v) is 3.82. The topological polar surface area (TPSA) is 121 Å². The van der Waals surface area contributed by atoms with E-state index >= 15 is 0 Å². The second-order valence-corrected chi connectivity index (χ2v) is 7.72. The van der Waals surface area contributed by atoms with Crippen molar-refractivity contribution in [3.05, 3.63) is 36.7 Å². The van der Waals surface area contributed by atoms with Gasteiger partial charge in [0.15, 0.2) is 5.69 Å². The van der Waals surface area contributed by atoms with Crippen LogP contribution in [0.25, 0.3) is 16.7 Å². The molecule has 3 aromatic heterocycles. The van der Waals surface area contributed by atoms with Crippen molar-refractivity contribution in [1.29, 1.82) is 0 Å². The van der Waals surface area contributed by atoms with Crippen molar-refractivity contribution >= 4 is 22.7 Å². The molecule has 158 valence electrons. The Kier molecular flexibility index (Phi) is 5.49. The summed E-state index contributed by atoms with van der Waals surface area (Å²) >= 11 is 0. The molecule has 0 aliphatic heterocycles. The Morgan fingerprint density at radius 2 is 2.03 bits per heavy atom. The number of hydrogen-bond acceptors (Lipinski definition) is 6. The number of rotatable bonds is 6. The van der Waals surface area contributed by atoms with Crippen molar-refractivity contribution < 1.29 is 14.3 Å². The first-order valence-corrected chi connectivity index (χ1v) is 9.92. The zero-order valence-electron chi connectivity index (χ0n) is 17.1. The van der Waals surface area contributed by atoms with Gasteiger partial charge in [0, 0.05) is 31.9 Å². The van der Waals surface area contributed by atoms with Gasteiger partial charge in [0.1, 0.15) is 24.3 Å². The van der Waals surface area contributed by atoms with Gasteiger partial charge in [-0.05, 0) is 31.7 Å². The number of imidazole rings is 1. The summed E-state index contributed by atoms with van der Waals surface area (Å²) in [4.78, 5) is 33.9. The van der Waals surface area contributed by atoms with Crippen molar-refractivity contribution in [1.82, 2.24) is 29.2 Å². The number of amides is 2. The van der Waals surface area contributed by atoms with E-state index in [2.05, 4.69) is 15.1 Å². The maximum atomic E-state index is 12.2. The van der Waals surface area contributed by atoms with Gasteiger partial charge in [-0.15, -0.1) is 0 Å². The summed E-state index contributed by atoms with van der Waals surface area (Å²) in [7, 11) is 3.43. The van der Waals surface area contributed by atoms with Crippen molar-refractivity contribution in [2.75, 3.05) is 20.7 Å². The van der Waals surface area contributed by atoms with Crippen molar-refractivity contribution in [2.45, 2.75) is 37.8 Å². The van der Waals surface area contributed by atoms with Crippen LogP contribution in [0.3, 0.4) is 0 Å². The predicted molar refractivity (Wildman–Crippen MR) is 109 cm³/mol. The molecule has 1 saturated carbocycles. The molecule has 3 heterocycles. The van der Waals surface area contributed by atoms with Gasteiger partial charge in [0.25, 0.3) is 5.91 Å². The molecule has 2 N–H and O–H groups in total. The molecule has 1 aliphatic carbocycles. The summed E-state index contributed by atoms with van der Waals surface area (Å²) < 4.78 is 9.35. The number of nitrogens with two attached hydrogens (primary N) is 1. The van der Waals surface area contributed by atoms with Crippen LogP contribution < -0.4 is 5.73 Å². The predicted octanol–water partition coefficient (Wildman–Crippen LogP) is 1.30. The monoisotopic (exact) mass is 411 g/mol. The lowest BCUT2D eigenvalue weighted by Crippen LogP contribution is -2.31. The zero-order chi connectivity index (χ0) is 21.3. The van der Waals surface area contributed by atoms with E-state index in [4.69, 9.17) is 10.5 Å². The second kappa shape index (κ2) is 8.23. The highest BCUT2D eigenvalue weighted by Crippen LogP contribution is 2.33. The Bertz CT molecular complexity index is 1050. The first-order chi connectivity index (χ1) is 14.4. The fourth-order valence-electron chi connectivity index (χ4n) is 3.82. The van der Waals surface area contributed by atoms with E-state index < -0.39 is 5.91 Å². The minimum absolute atomic E-state index is 0.0407. The van der Waals surface area contributed by atoms with Gasteiger partial charge in [-0.2, -0.15) is 5.10 Å². The third-order valence-corrected chi connectivity index (χ3v) is 5.49. The van der Waals surface area contributed by atoms with E-state index in [0.717, 1.165) is 31.1 Å². The summed E-state index contributed by atoms with van der Waals surface area (Å²) in [5, 5.41) is 5.35. The first-order valence-electron chi connectivity index (χ1n) is 9.92. The number of carbonyl (C=O) groups is 2. The molecule has 0 bridgehead atoms. The Morgan fingerprint density at radius 1 is 1.27 bits per heavy atom. The van der Waals surface area contributed by atoms with Gasteiger partial charge >= 0.3 is 0 Å². The van der Waals surface area contributed by atoms with Crippen molar-refractivity contribution in [2.24, 2.45) is 5.73 Å². The molecule has 10 heteroatoms. The molecular formula is C20H25N7O3. The molecule has 0 spiro atoms. The molecule has 10 nitrogen and oxygen atoms in total. The van der Waals surface area contributed by atoms with Gasteiger partial charge in [0.2, 0.25) is 5.91 Å². The van der Waals surface area contributed by atoms with Crippen LogP contribution in [0.5, 0.6) is 0 Å². The molecule has 2 amide bonds. The van der Waals surface area contributed by atoms with Gasteiger partial charge in [-0.1, -0.05) is 0 Å². The number of pyridine rings is 1. The summed E-state index contributed by atoms with van der Waals surface area (Å²) in [5.41, 5.74) is 6.50. The lowest BCUT2D eigenvalue weighted by atomic mass is 9.93. The van der Waals surface area contributed by atoms with E-state index in [0.29, 0.717) is 11.3 Å². The number of primary amides is 1. The van der Waals surface area contributed by atoms with Gasteiger partial charge in [0.05, 0.1) is 18.3 Å². The zero-order valence-corrected chi connectivity index (χ0v) is 17.1. The van der Waals surface area contributed by atoms with Crippen LogP contribution >= 0.6 is 0 Å². The summed E-state index contributed by atoms with van der Waals surface area (Å²) in [5.74, 6) is -0.0694. The van der Waals surface area contributed by atoms with E-state index in [1.54, 1.807) is 43.6 Å². The largest absolute Gasteiger partial charge is 0.368 e. The van der Waals surface area contributed by atoms with E-state index in [-0.39, 0.29) is 30.4 Å². The third kappa shape index (κ3) is 3.90. The van der Waals surface area contributed by atoms with Gasteiger partial charge < -0.3 is 15.4 Å². The Hall–Kier alpha value is -3.27. The fraction of sp³-hybridized carbons (Fsp3) is 0.450. The number of likely N-dealkylation sites (N-methyl/N-ethyl adjacent to an activating group) is 1. The average Bonchev–Trinajstić information content (AvgIpc) is 3.41. The molecule has 0 unspecified atom stereocenters. The number of carbonyl (C=O) groups excluding carboxylic acids is 2. The molecule has 1 aliphatic rings. The van der Waals surface area contributed by atoms with Crippen molar-refractivity contribution in [3.63, 3.8) is 0 Å². The van der Waals surface area contributed by atoms with E-state index in [1.165, 1.54) is 4.90 Å². The highest BCUT2D eigenvalue weighted by Gasteiger charge is 2.27.